The molecule has 0 fully saturated rings. The van der Waals surface area contributed by atoms with Crippen LogP contribution in [-0.2, 0) is 31.5 Å². The maximum Gasteiger partial charge on any atom is 0.193 e. The van der Waals surface area contributed by atoms with Gasteiger partial charge in [-0.25, -0.2) is 0 Å². The van der Waals surface area contributed by atoms with Crippen molar-refractivity contribution in [2.45, 2.75) is 135 Å². The Bertz CT molecular complexity index is 1250. The van der Waals surface area contributed by atoms with Crippen molar-refractivity contribution in [3.63, 3.8) is 0 Å². The fraction of sp³-hybridized carbons (Fsp3) is 0.632. The number of aliphatic hydroxyl groups excluding tert-OH is 1. The van der Waals surface area contributed by atoms with E-state index in [0.29, 0.717) is 26.2 Å². The molecule has 2 aromatic rings. The molecule has 0 spiro atoms. The average Bonchev–Trinajstić information content (AvgIpc) is 2.99. The molecule has 47 heavy (non-hydrogen) atoms. The van der Waals surface area contributed by atoms with E-state index in [1.807, 2.05) is 55.5 Å². The molecular formula is C38H62O7Si2. The third-order valence-electron chi connectivity index (χ3n) is 9.50. The highest BCUT2D eigenvalue weighted by Gasteiger charge is 2.41. The molecule has 0 aromatic heterocycles. The smallest absolute Gasteiger partial charge is 0.193 e. The zero-order chi connectivity index (χ0) is 35.5. The summed E-state index contributed by atoms with van der Waals surface area (Å²) in [5.41, 5.74) is 2.12. The van der Waals surface area contributed by atoms with Gasteiger partial charge in [-0.2, -0.15) is 0 Å². The van der Waals surface area contributed by atoms with Crippen LogP contribution in [0.25, 0.3) is 0 Å². The molecule has 7 nitrogen and oxygen atoms in total. The van der Waals surface area contributed by atoms with Crippen molar-refractivity contribution >= 4 is 16.6 Å². The second kappa shape index (κ2) is 18.0. The molecule has 0 radical (unpaired) electrons. The highest BCUT2D eigenvalue weighted by atomic mass is 28.4. The number of aliphatic hydroxyl groups is 1. The molecule has 1 N–H and O–H groups in total. The molecule has 4 atom stereocenters. The van der Waals surface area contributed by atoms with Crippen molar-refractivity contribution in [1.82, 2.24) is 0 Å². The highest BCUT2D eigenvalue weighted by molar-refractivity contribution is 6.74. The van der Waals surface area contributed by atoms with Crippen molar-refractivity contribution in [1.29, 1.82) is 0 Å². The van der Waals surface area contributed by atoms with E-state index in [-0.39, 0.29) is 16.2 Å². The standard InChI is InChI=1S/C38H62O7Si2/c1-29(44-46(10,11)37(2,3)4)34(39)24-25-36(45-47(12,13)38(5,6)7)35(43-28-31-18-22-33(41-9)23-19-31)15-14-26-42-27-30-16-20-32(40-8)21-17-30/h16-23,29,34-36,39H,14-15,26-28H2,1-13H3/t29-,34-,35+,36+/m0/s1. The van der Waals surface area contributed by atoms with Gasteiger partial charge in [-0.3, -0.25) is 0 Å². The minimum absolute atomic E-state index is 0.0260. The highest BCUT2D eigenvalue weighted by Crippen LogP contribution is 2.39. The zero-order valence-corrected chi connectivity index (χ0v) is 33.4. The van der Waals surface area contributed by atoms with Crippen LogP contribution in [0.15, 0.2) is 48.5 Å². The molecule has 0 aliphatic rings. The summed E-state index contributed by atoms with van der Waals surface area (Å²) in [5.74, 6) is 8.08. The van der Waals surface area contributed by atoms with Gasteiger partial charge in [0.15, 0.2) is 16.6 Å². The normalized spacial score (nSPS) is 15.3. The summed E-state index contributed by atoms with van der Waals surface area (Å²) in [6.07, 6.45) is -0.821. The van der Waals surface area contributed by atoms with Gasteiger partial charge < -0.3 is 32.9 Å². The molecule has 0 aliphatic heterocycles. The van der Waals surface area contributed by atoms with Crippen LogP contribution in [-0.4, -0.2) is 67.0 Å². The summed E-state index contributed by atoms with van der Waals surface area (Å²) in [6, 6.07) is 15.8. The van der Waals surface area contributed by atoms with E-state index in [2.05, 4.69) is 79.6 Å². The fourth-order valence-corrected chi connectivity index (χ4v) is 6.84. The molecule has 0 unspecified atom stereocenters. The number of hydrogen-bond acceptors (Lipinski definition) is 7. The lowest BCUT2D eigenvalue weighted by molar-refractivity contribution is -0.0281. The summed E-state index contributed by atoms with van der Waals surface area (Å²) in [4.78, 5) is 0. The molecule has 0 amide bonds. The number of methoxy groups -OCH3 is 2. The minimum Gasteiger partial charge on any atom is -0.497 e. The molecule has 0 saturated carbocycles. The third-order valence-corrected chi connectivity index (χ3v) is 18.5. The van der Waals surface area contributed by atoms with Crippen molar-refractivity contribution in [3.8, 4) is 23.3 Å². The predicted octanol–water partition coefficient (Wildman–Crippen LogP) is 8.75. The van der Waals surface area contributed by atoms with Crippen LogP contribution in [0.5, 0.6) is 11.5 Å². The van der Waals surface area contributed by atoms with Crippen molar-refractivity contribution in [2.75, 3.05) is 20.8 Å². The molecule has 2 rings (SSSR count). The van der Waals surface area contributed by atoms with Crippen LogP contribution in [0, 0.1) is 11.8 Å². The Labute approximate surface area is 287 Å². The Hall–Kier alpha value is -2.17. The van der Waals surface area contributed by atoms with Gasteiger partial charge in [0.05, 0.1) is 39.6 Å². The second-order valence-corrected chi connectivity index (χ2v) is 24.9. The summed E-state index contributed by atoms with van der Waals surface area (Å²) < 4.78 is 36.7. The van der Waals surface area contributed by atoms with E-state index in [4.69, 9.17) is 27.8 Å². The van der Waals surface area contributed by atoms with Crippen LogP contribution in [0.3, 0.4) is 0 Å². The number of ether oxygens (including phenoxy) is 4. The molecule has 2 aromatic carbocycles. The molecule has 0 heterocycles. The maximum atomic E-state index is 11.2. The molecule has 264 valence electrons. The van der Waals surface area contributed by atoms with Gasteiger partial charge in [0, 0.05) is 6.61 Å². The first kappa shape index (κ1) is 41.0. The summed E-state index contributed by atoms with van der Waals surface area (Å²) in [5, 5.41) is 11.2. The van der Waals surface area contributed by atoms with Gasteiger partial charge in [0.1, 0.15) is 23.7 Å². The monoisotopic (exact) mass is 686 g/mol. The predicted molar refractivity (Wildman–Crippen MR) is 197 cm³/mol. The SMILES string of the molecule is COc1ccc(COCCC[C@@H](OCc2ccc(OC)cc2)[C@@H](C#C[C@H](O)[C@H](C)O[Si](C)(C)C(C)(C)C)O[Si](C)(C)C(C)(C)C)cc1. The van der Waals surface area contributed by atoms with Crippen LogP contribution >= 0.6 is 0 Å². The van der Waals surface area contributed by atoms with E-state index < -0.39 is 34.9 Å². The Morgan fingerprint density at radius 3 is 1.64 bits per heavy atom. The second-order valence-electron chi connectivity index (χ2n) is 15.4. The summed E-state index contributed by atoms with van der Waals surface area (Å²) in [6.45, 7) is 25.4. The molecule has 0 aliphatic carbocycles. The van der Waals surface area contributed by atoms with E-state index in [0.717, 1.165) is 29.0 Å². The Morgan fingerprint density at radius 2 is 1.17 bits per heavy atom. The minimum atomic E-state index is -2.27. The number of benzene rings is 2. The van der Waals surface area contributed by atoms with Crippen LogP contribution in [0.4, 0.5) is 0 Å². The molecule has 9 heteroatoms. The van der Waals surface area contributed by atoms with E-state index in [1.54, 1.807) is 14.2 Å². The Balaban J connectivity index is 2.30. The number of rotatable bonds is 17. The van der Waals surface area contributed by atoms with Crippen LogP contribution < -0.4 is 9.47 Å². The average molecular weight is 687 g/mol. The Morgan fingerprint density at radius 1 is 0.702 bits per heavy atom. The lowest BCUT2D eigenvalue weighted by Crippen LogP contribution is -2.47. The molecule has 0 saturated heterocycles. The van der Waals surface area contributed by atoms with Gasteiger partial charge in [-0.1, -0.05) is 77.6 Å². The van der Waals surface area contributed by atoms with E-state index in [1.165, 1.54) is 0 Å². The van der Waals surface area contributed by atoms with Gasteiger partial charge >= 0.3 is 0 Å². The van der Waals surface area contributed by atoms with Gasteiger partial charge in [-0.15, -0.1) is 0 Å². The van der Waals surface area contributed by atoms with Gasteiger partial charge in [0.2, 0.25) is 0 Å². The van der Waals surface area contributed by atoms with Gasteiger partial charge in [-0.05, 0) is 91.4 Å². The summed E-state index contributed by atoms with van der Waals surface area (Å²) in [7, 11) is -1.04. The first-order valence-electron chi connectivity index (χ1n) is 16.8. The van der Waals surface area contributed by atoms with Gasteiger partial charge in [0.25, 0.3) is 0 Å². The van der Waals surface area contributed by atoms with Crippen molar-refractivity contribution in [3.05, 3.63) is 59.7 Å². The first-order valence-corrected chi connectivity index (χ1v) is 22.6. The van der Waals surface area contributed by atoms with Crippen molar-refractivity contribution < 1.29 is 32.9 Å². The van der Waals surface area contributed by atoms with Crippen molar-refractivity contribution in [2.24, 2.45) is 0 Å². The maximum absolute atomic E-state index is 11.2. The quantitative estimate of drug-likeness (QED) is 0.101. The fourth-order valence-electron chi connectivity index (χ4n) is 4.23. The zero-order valence-electron chi connectivity index (χ0n) is 31.4. The molecule has 0 bridgehead atoms. The van der Waals surface area contributed by atoms with E-state index >= 15 is 0 Å². The number of hydrogen-bond donors (Lipinski definition) is 1. The lowest BCUT2D eigenvalue weighted by atomic mass is 10.1. The van der Waals surface area contributed by atoms with Crippen LogP contribution in [0.2, 0.25) is 36.3 Å². The first-order chi connectivity index (χ1) is 21.8. The molecular weight excluding hydrogens is 625 g/mol. The Kier molecular flexibility index (Phi) is 15.7. The third kappa shape index (κ3) is 13.3. The van der Waals surface area contributed by atoms with E-state index in [9.17, 15) is 5.11 Å². The topological polar surface area (TPSA) is 75.6 Å². The van der Waals surface area contributed by atoms with Crippen LogP contribution in [0.1, 0.15) is 72.4 Å². The largest absolute Gasteiger partial charge is 0.497 e. The summed E-state index contributed by atoms with van der Waals surface area (Å²) >= 11 is 0. The lowest BCUT2D eigenvalue weighted by Gasteiger charge is -2.40.